The van der Waals surface area contributed by atoms with Crippen molar-refractivity contribution in [2.45, 2.75) is 45.7 Å². The quantitative estimate of drug-likeness (QED) is 0.902. The van der Waals surface area contributed by atoms with Gasteiger partial charge in [-0.25, -0.2) is 0 Å². The van der Waals surface area contributed by atoms with Crippen molar-refractivity contribution < 1.29 is 4.79 Å². The van der Waals surface area contributed by atoms with E-state index in [0.29, 0.717) is 12.5 Å². The molecule has 1 saturated carbocycles. The molecule has 3 rings (SSSR count). The molecule has 2 aliphatic rings. The summed E-state index contributed by atoms with van der Waals surface area (Å²) in [6.07, 6.45) is 5.11. The summed E-state index contributed by atoms with van der Waals surface area (Å²) in [6.45, 7) is 6.33. The number of rotatable bonds is 5. The summed E-state index contributed by atoms with van der Waals surface area (Å²) in [5.41, 5.74) is 2.57. The third-order valence-corrected chi connectivity index (χ3v) is 4.79. The van der Waals surface area contributed by atoms with Gasteiger partial charge in [0.25, 0.3) is 0 Å². The van der Waals surface area contributed by atoms with E-state index in [-0.39, 0.29) is 11.8 Å². The second kappa shape index (κ2) is 6.61. The summed E-state index contributed by atoms with van der Waals surface area (Å²) in [5.74, 6) is 1.07. The molecule has 21 heavy (non-hydrogen) atoms. The van der Waals surface area contributed by atoms with Gasteiger partial charge in [0, 0.05) is 19.0 Å². The Kier molecular flexibility index (Phi) is 4.59. The van der Waals surface area contributed by atoms with Crippen LogP contribution in [0.2, 0.25) is 0 Å². The van der Waals surface area contributed by atoms with Gasteiger partial charge < -0.3 is 5.32 Å². The number of hydrogen-bond acceptors (Lipinski definition) is 2. The Bertz CT molecular complexity index is 476. The number of nitrogens with one attached hydrogen (secondary N) is 1. The van der Waals surface area contributed by atoms with Crippen molar-refractivity contribution in [1.29, 1.82) is 0 Å². The van der Waals surface area contributed by atoms with Crippen LogP contribution in [-0.4, -0.2) is 23.9 Å². The van der Waals surface area contributed by atoms with Crippen LogP contribution in [0.4, 0.5) is 0 Å². The maximum atomic E-state index is 11.8. The lowest BCUT2D eigenvalue weighted by atomic mass is 10.1. The van der Waals surface area contributed by atoms with Gasteiger partial charge in [-0.05, 0) is 49.4 Å². The summed E-state index contributed by atoms with van der Waals surface area (Å²) in [5, 5.41) is 3.04. The molecule has 3 nitrogen and oxygen atoms in total. The molecule has 0 radical (unpaired) electrons. The van der Waals surface area contributed by atoms with Gasteiger partial charge in [-0.15, -0.1) is 0 Å². The standard InChI is InChI=1S/C18H26N2O/c1-14-11-17(14)18(21)19-12-15-5-7-16(8-6-15)13-20-9-3-2-4-10-20/h5-8,14,17H,2-4,9-13H2,1H3,(H,19,21)/t14-,17+/m1/s1. The molecule has 0 bridgehead atoms. The Hall–Kier alpha value is -1.35. The smallest absolute Gasteiger partial charge is 0.223 e. The zero-order valence-electron chi connectivity index (χ0n) is 13.0. The Morgan fingerprint density at radius 3 is 2.38 bits per heavy atom. The first-order valence-corrected chi connectivity index (χ1v) is 8.30. The highest BCUT2D eigenvalue weighted by atomic mass is 16.2. The number of likely N-dealkylation sites (tertiary alicyclic amines) is 1. The minimum atomic E-state index is 0.222. The second-order valence-electron chi connectivity index (χ2n) is 6.69. The molecule has 2 atom stereocenters. The van der Waals surface area contributed by atoms with Gasteiger partial charge >= 0.3 is 0 Å². The SMILES string of the molecule is C[C@@H]1C[C@@H]1C(=O)NCc1ccc(CN2CCCCC2)cc1. The molecule has 1 aliphatic carbocycles. The largest absolute Gasteiger partial charge is 0.352 e. The third-order valence-electron chi connectivity index (χ3n) is 4.79. The van der Waals surface area contributed by atoms with Crippen LogP contribution in [0.25, 0.3) is 0 Å². The van der Waals surface area contributed by atoms with E-state index in [4.69, 9.17) is 0 Å². The van der Waals surface area contributed by atoms with E-state index in [1.54, 1.807) is 0 Å². The fourth-order valence-corrected chi connectivity index (χ4v) is 3.15. The average molecular weight is 286 g/mol. The molecule has 1 aliphatic heterocycles. The molecule has 1 heterocycles. The van der Waals surface area contributed by atoms with Crippen molar-refractivity contribution in [2.75, 3.05) is 13.1 Å². The zero-order chi connectivity index (χ0) is 14.7. The van der Waals surface area contributed by atoms with E-state index in [1.807, 2.05) is 0 Å². The van der Waals surface area contributed by atoms with Gasteiger partial charge in [0.2, 0.25) is 5.91 Å². The number of hydrogen-bond donors (Lipinski definition) is 1. The lowest BCUT2D eigenvalue weighted by Gasteiger charge is -2.26. The Morgan fingerprint density at radius 2 is 1.76 bits per heavy atom. The highest BCUT2D eigenvalue weighted by molar-refractivity contribution is 5.81. The first kappa shape index (κ1) is 14.6. The molecule has 2 fully saturated rings. The topological polar surface area (TPSA) is 32.3 Å². The number of benzene rings is 1. The third kappa shape index (κ3) is 4.07. The molecule has 1 saturated heterocycles. The summed E-state index contributed by atoms with van der Waals surface area (Å²) in [6, 6.07) is 8.71. The van der Waals surface area contributed by atoms with E-state index in [2.05, 4.69) is 41.4 Å². The molecule has 1 N–H and O–H groups in total. The van der Waals surface area contributed by atoms with Crippen molar-refractivity contribution in [3.05, 3.63) is 35.4 Å². The molecular formula is C18H26N2O. The van der Waals surface area contributed by atoms with E-state index in [0.717, 1.165) is 13.0 Å². The van der Waals surface area contributed by atoms with E-state index in [1.165, 1.54) is 43.5 Å². The van der Waals surface area contributed by atoms with Gasteiger partial charge in [-0.3, -0.25) is 9.69 Å². The fourth-order valence-electron chi connectivity index (χ4n) is 3.15. The van der Waals surface area contributed by atoms with Gasteiger partial charge in [-0.1, -0.05) is 37.6 Å². The van der Waals surface area contributed by atoms with Crippen LogP contribution in [0.5, 0.6) is 0 Å². The molecule has 114 valence electrons. The lowest BCUT2D eigenvalue weighted by Crippen LogP contribution is -2.29. The number of piperidine rings is 1. The van der Waals surface area contributed by atoms with E-state index < -0.39 is 0 Å². The summed E-state index contributed by atoms with van der Waals surface area (Å²) < 4.78 is 0. The van der Waals surface area contributed by atoms with Crippen LogP contribution < -0.4 is 5.32 Å². The second-order valence-corrected chi connectivity index (χ2v) is 6.69. The van der Waals surface area contributed by atoms with Crippen LogP contribution in [0.1, 0.15) is 43.7 Å². The number of carbonyl (C=O) groups is 1. The molecule has 3 heteroatoms. The van der Waals surface area contributed by atoms with E-state index in [9.17, 15) is 4.79 Å². The minimum Gasteiger partial charge on any atom is -0.352 e. The molecule has 1 aromatic carbocycles. The zero-order valence-corrected chi connectivity index (χ0v) is 13.0. The van der Waals surface area contributed by atoms with Crippen LogP contribution in [0.15, 0.2) is 24.3 Å². The van der Waals surface area contributed by atoms with Crippen LogP contribution in [0, 0.1) is 11.8 Å². The molecule has 0 spiro atoms. The van der Waals surface area contributed by atoms with Crippen molar-refractivity contribution >= 4 is 5.91 Å². The predicted molar refractivity (Wildman–Crippen MR) is 84.7 cm³/mol. The highest BCUT2D eigenvalue weighted by Gasteiger charge is 2.38. The maximum Gasteiger partial charge on any atom is 0.223 e. The van der Waals surface area contributed by atoms with Crippen LogP contribution >= 0.6 is 0 Å². The van der Waals surface area contributed by atoms with Crippen molar-refractivity contribution in [2.24, 2.45) is 11.8 Å². The Labute approximate surface area is 127 Å². The van der Waals surface area contributed by atoms with Gasteiger partial charge in [-0.2, -0.15) is 0 Å². The van der Waals surface area contributed by atoms with Gasteiger partial charge in [0.05, 0.1) is 0 Å². The Morgan fingerprint density at radius 1 is 1.14 bits per heavy atom. The average Bonchev–Trinajstić information content (AvgIpc) is 3.24. The molecule has 0 aromatic heterocycles. The molecule has 1 aromatic rings. The minimum absolute atomic E-state index is 0.222. The van der Waals surface area contributed by atoms with Crippen LogP contribution in [0.3, 0.4) is 0 Å². The van der Waals surface area contributed by atoms with Crippen molar-refractivity contribution in [3.63, 3.8) is 0 Å². The predicted octanol–water partition coefficient (Wildman–Crippen LogP) is 2.94. The van der Waals surface area contributed by atoms with Gasteiger partial charge in [0.1, 0.15) is 0 Å². The van der Waals surface area contributed by atoms with Gasteiger partial charge in [0.15, 0.2) is 0 Å². The van der Waals surface area contributed by atoms with Crippen LogP contribution in [-0.2, 0) is 17.9 Å². The Balaban J connectivity index is 1.46. The summed E-state index contributed by atoms with van der Waals surface area (Å²) >= 11 is 0. The first-order chi connectivity index (χ1) is 10.2. The normalized spacial score (nSPS) is 25.6. The molecule has 1 amide bonds. The first-order valence-electron chi connectivity index (χ1n) is 8.30. The highest BCUT2D eigenvalue weighted by Crippen LogP contribution is 2.37. The van der Waals surface area contributed by atoms with Crippen molar-refractivity contribution in [3.8, 4) is 0 Å². The number of nitrogens with zero attached hydrogens (tertiary/aromatic N) is 1. The summed E-state index contributed by atoms with van der Waals surface area (Å²) in [7, 11) is 0. The lowest BCUT2D eigenvalue weighted by molar-refractivity contribution is -0.122. The number of amides is 1. The fraction of sp³-hybridized carbons (Fsp3) is 0.611. The van der Waals surface area contributed by atoms with E-state index >= 15 is 0 Å². The maximum absolute atomic E-state index is 11.8. The molecular weight excluding hydrogens is 260 g/mol. The number of carbonyl (C=O) groups excluding carboxylic acids is 1. The summed E-state index contributed by atoms with van der Waals surface area (Å²) in [4.78, 5) is 14.3. The van der Waals surface area contributed by atoms with Crippen molar-refractivity contribution in [1.82, 2.24) is 10.2 Å². The molecule has 0 unspecified atom stereocenters. The monoisotopic (exact) mass is 286 g/mol.